The van der Waals surface area contributed by atoms with Crippen molar-refractivity contribution in [1.82, 2.24) is 0 Å². The molecule has 4 nitrogen and oxygen atoms in total. The molecule has 0 aliphatic carbocycles. The van der Waals surface area contributed by atoms with E-state index in [4.69, 9.17) is 10.5 Å². The monoisotopic (exact) mass is 288 g/mol. The van der Waals surface area contributed by atoms with Crippen LogP contribution in [0.25, 0.3) is 0 Å². The molecule has 0 saturated heterocycles. The molecule has 0 aliphatic rings. The molecule has 0 aromatic heterocycles. The summed E-state index contributed by atoms with van der Waals surface area (Å²) in [4.78, 5) is 0. The van der Waals surface area contributed by atoms with Gasteiger partial charge in [0.15, 0.2) is 0 Å². The summed E-state index contributed by atoms with van der Waals surface area (Å²) in [5, 5.41) is 22.7. The summed E-state index contributed by atoms with van der Waals surface area (Å²) in [6.07, 6.45) is 0. The van der Waals surface area contributed by atoms with Gasteiger partial charge in [-0.3, -0.25) is 5.43 Å². The first-order valence-corrected chi connectivity index (χ1v) is 6.99. The third kappa shape index (κ3) is 3.71. The highest BCUT2D eigenvalue weighted by Gasteiger charge is 2.23. The molecule has 108 valence electrons. The minimum atomic E-state index is -0.739. The molecule has 0 spiro atoms. The molecule has 2 aromatic carbocycles. The number of benzene rings is 2. The molecule has 2 rings (SSSR count). The van der Waals surface area contributed by atoms with Crippen molar-refractivity contribution >= 4 is 11.4 Å². The van der Waals surface area contributed by atoms with Crippen molar-refractivity contribution in [2.45, 2.75) is 6.92 Å². The average molecular weight is 288 g/mol. The Balaban J connectivity index is 2.34. The fourth-order valence-electron chi connectivity index (χ4n) is 2.09. The summed E-state index contributed by atoms with van der Waals surface area (Å²) < 4.78 is 0. The molecule has 0 heterocycles. The summed E-state index contributed by atoms with van der Waals surface area (Å²) >= 11 is 0. The van der Waals surface area contributed by atoms with Crippen LogP contribution in [-0.2, 0) is 0 Å². The second kappa shape index (κ2) is 7.61. The Bertz CT molecular complexity index is 694. The first-order chi connectivity index (χ1) is 10.8. The molecule has 0 radical (unpaired) electrons. The second-order valence-electron chi connectivity index (χ2n) is 4.87. The van der Waals surface area contributed by atoms with Crippen molar-refractivity contribution in [2.24, 2.45) is 16.9 Å². The van der Waals surface area contributed by atoms with Crippen LogP contribution in [0.15, 0.2) is 65.8 Å². The van der Waals surface area contributed by atoms with Crippen LogP contribution in [0.5, 0.6) is 0 Å². The smallest absolute Gasteiger partial charge is 0.141 e. The molecule has 0 amide bonds. The number of hydrazone groups is 1. The number of nitrogens with zero attached hydrogens (tertiary/aromatic N) is 3. The van der Waals surface area contributed by atoms with E-state index in [1.807, 2.05) is 79.7 Å². The summed E-state index contributed by atoms with van der Waals surface area (Å²) in [5.74, 6) is -1.04. The molecule has 0 fully saturated rings. The first kappa shape index (κ1) is 15.3. The van der Waals surface area contributed by atoms with E-state index in [0.717, 1.165) is 11.3 Å². The predicted molar refractivity (Wildman–Crippen MR) is 86.9 cm³/mol. The Hall–Kier alpha value is -3.11. The van der Waals surface area contributed by atoms with Gasteiger partial charge in [-0.05, 0) is 17.7 Å². The molecule has 1 atom stereocenters. The maximum absolute atomic E-state index is 9.13. The van der Waals surface area contributed by atoms with Gasteiger partial charge in [0.05, 0.1) is 23.5 Å². The Morgan fingerprint density at radius 2 is 1.50 bits per heavy atom. The van der Waals surface area contributed by atoms with Crippen molar-refractivity contribution in [3.63, 3.8) is 0 Å². The zero-order valence-electron chi connectivity index (χ0n) is 12.3. The van der Waals surface area contributed by atoms with Crippen LogP contribution in [-0.4, -0.2) is 5.71 Å². The van der Waals surface area contributed by atoms with Gasteiger partial charge in [-0.15, -0.1) is 0 Å². The van der Waals surface area contributed by atoms with Crippen molar-refractivity contribution in [3.05, 3.63) is 66.2 Å². The Morgan fingerprint density at radius 3 is 2.05 bits per heavy atom. The number of nitriles is 2. The minimum Gasteiger partial charge on any atom is -0.278 e. The molecule has 22 heavy (non-hydrogen) atoms. The third-order valence-corrected chi connectivity index (χ3v) is 3.36. The van der Waals surface area contributed by atoms with E-state index in [2.05, 4.69) is 10.5 Å². The number of anilines is 1. The van der Waals surface area contributed by atoms with E-state index in [0.29, 0.717) is 5.71 Å². The zero-order chi connectivity index (χ0) is 15.8. The number of hydrogen-bond donors (Lipinski definition) is 1. The Morgan fingerprint density at radius 1 is 0.955 bits per heavy atom. The maximum atomic E-state index is 9.13. The van der Waals surface area contributed by atoms with Crippen LogP contribution in [0.3, 0.4) is 0 Å². The third-order valence-electron chi connectivity index (χ3n) is 3.36. The van der Waals surface area contributed by atoms with E-state index in [1.54, 1.807) is 0 Å². The van der Waals surface area contributed by atoms with E-state index in [-0.39, 0.29) is 5.92 Å². The van der Waals surface area contributed by atoms with E-state index in [1.165, 1.54) is 0 Å². The lowest BCUT2D eigenvalue weighted by atomic mass is 9.88. The summed E-state index contributed by atoms with van der Waals surface area (Å²) in [6, 6.07) is 23.2. The predicted octanol–water partition coefficient (Wildman–Crippen LogP) is 3.80. The number of nitrogens with one attached hydrogen (secondary N) is 1. The summed E-state index contributed by atoms with van der Waals surface area (Å²) in [5.41, 5.74) is 5.44. The van der Waals surface area contributed by atoms with Gasteiger partial charge in [-0.2, -0.15) is 15.6 Å². The van der Waals surface area contributed by atoms with Gasteiger partial charge in [-0.25, -0.2) is 0 Å². The number of hydrogen-bond acceptors (Lipinski definition) is 4. The Kier molecular flexibility index (Phi) is 5.29. The number of rotatable bonds is 5. The van der Waals surface area contributed by atoms with Gasteiger partial charge in [0.1, 0.15) is 5.92 Å². The zero-order valence-corrected chi connectivity index (χ0v) is 12.3. The summed E-state index contributed by atoms with van der Waals surface area (Å²) in [6.45, 7) is 1.84. The highest BCUT2D eigenvalue weighted by atomic mass is 15.3. The van der Waals surface area contributed by atoms with E-state index >= 15 is 0 Å². The van der Waals surface area contributed by atoms with E-state index < -0.39 is 5.92 Å². The van der Waals surface area contributed by atoms with Crippen molar-refractivity contribution in [3.8, 4) is 12.1 Å². The normalized spacial score (nSPS) is 12.3. The van der Waals surface area contributed by atoms with Crippen LogP contribution >= 0.6 is 0 Å². The quantitative estimate of drug-likeness (QED) is 0.671. The molecule has 2 aromatic rings. The van der Waals surface area contributed by atoms with E-state index in [9.17, 15) is 0 Å². The molecule has 4 heteroatoms. The highest BCUT2D eigenvalue weighted by Crippen LogP contribution is 2.18. The first-order valence-electron chi connectivity index (χ1n) is 6.99. The molecule has 1 N–H and O–H groups in total. The van der Waals surface area contributed by atoms with Crippen LogP contribution in [0, 0.1) is 34.5 Å². The standard InChI is InChI=1S/C18H16N4/c1-14(16(12-19)13-20)18(15-8-4-2-5-9-15)22-21-17-10-6-3-7-11-17/h2-11,14,16,21H,1H3. The lowest BCUT2D eigenvalue weighted by Gasteiger charge is -2.16. The largest absolute Gasteiger partial charge is 0.278 e. The fraction of sp³-hybridized carbons (Fsp3) is 0.167. The second-order valence-corrected chi connectivity index (χ2v) is 4.87. The highest BCUT2D eigenvalue weighted by molar-refractivity contribution is 6.02. The van der Waals surface area contributed by atoms with Gasteiger partial charge < -0.3 is 0 Å². The topological polar surface area (TPSA) is 72.0 Å². The fourth-order valence-corrected chi connectivity index (χ4v) is 2.09. The molecular formula is C18H16N4. The van der Waals surface area contributed by atoms with Crippen molar-refractivity contribution in [2.75, 3.05) is 5.43 Å². The maximum Gasteiger partial charge on any atom is 0.141 e. The molecule has 1 unspecified atom stereocenters. The van der Waals surface area contributed by atoms with Gasteiger partial charge in [0.2, 0.25) is 0 Å². The van der Waals surface area contributed by atoms with Crippen LogP contribution in [0.2, 0.25) is 0 Å². The Labute approximate surface area is 130 Å². The van der Waals surface area contributed by atoms with Crippen molar-refractivity contribution < 1.29 is 0 Å². The van der Waals surface area contributed by atoms with Gasteiger partial charge >= 0.3 is 0 Å². The molecule has 0 bridgehead atoms. The van der Waals surface area contributed by atoms with Crippen LogP contribution in [0.4, 0.5) is 5.69 Å². The number of para-hydroxylation sites is 1. The van der Waals surface area contributed by atoms with Crippen molar-refractivity contribution in [1.29, 1.82) is 10.5 Å². The lowest BCUT2D eigenvalue weighted by molar-refractivity contribution is 0.671. The molecule has 0 saturated carbocycles. The summed E-state index contributed by atoms with van der Waals surface area (Å²) in [7, 11) is 0. The van der Waals surface area contributed by atoms with Gasteiger partial charge in [0.25, 0.3) is 0 Å². The lowest BCUT2D eigenvalue weighted by Crippen LogP contribution is -2.21. The minimum absolute atomic E-state index is 0.298. The van der Waals surface area contributed by atoms with Crippen LogP contribution < -0.4 is 5.43 Å². The molecule has 0 aliphatic heterocycles. The van der Waals surface area contributed by atoms with Crippen LogP contribution in [0.1, 0.15) is 12.5 Å². The average Bonchev–Trinajstić information content (AvgIpc) is 2.58. The SMILES string of the molecule is CC(C(=NNc1ccccc1)c1ccccc1)C(C#N)C#N. The van der Waals surface area contributed by atoms with Gasteiger partial charge in [-0.1, -0.05) is 55.5 Å². The molecular weight excluding hydrogens is 272 g/mol. The van der Waals surface area contributed by atoms with Gasteiger partial charge in [0, 0.05) is 5.92 Å².